The van der Waals surface area contributed by atoms with Crippen molar-refractivity contribution in [2.75, 3.05) is 13.7 Å². The molecule has 3 N–H and O–H groups in total. The van der Waals surface area contributed by atoms with Crippen LogP contribution in [-0.2, 0) is 11.3 Å². The van der Waals surface area contributed by atoms with Crippen LogP contribution in [0.15, 0.2) is 4.52 Å². The van der Waals surface area contributed by atoms with E-state index in [4.69, 9.17) is 15.0 Å². The Morgan fingerprint density at radius 2 is 2.46 bits per heavy atom. The molecule has 0 aliphatic rings. The molecule has 1 aromatic rings. The first-order valence-electron chi connectivity index (χ1n) is 3.97. The van der Waals surface area contributed by atoms with E-state index in [-0.39, 0.29) is 12.5 Å². The van der Waals surface area contributed by atoms with Crippen molar-refractivity contribution in [2.24, 2.45) is 5.73 Å². The van der Waals surface area contributed by atoms with Crippen LogP contribution in [0.5, 0.6) is 0 Å². The van der Waals surface area contributed by atoms with Crippen LogP contribution in [0.2, 0.25) is 0 Å². The summed E-state index contributed by atoms with van der Waals surface area (Å²) in [5.41, 5.74) is 5.26. The molecule has 13 heavy (non-hydrogen) atoms. The van der Waals surface area contributed by atoms with Crippen molar-refractivity contribution in [3.05, 3.63) is 11.7 Å². The third-order valence-corrected chi connectivity index (χ3v) is 1.48. The zero-order chi connectivity index (χ0) is 9.68. The fraction of sp³-hybridized carbons (Fsp3) is 0.714. The summed E-state index contributed by atoms with van der Waals surface area (Å²) in [7, 11) is 1.53. The van der Waals surface area contributed by atoms with Gasteiger partial charge in [0.05, 0.1) is 0 Å². The molecule has 6 heteroatoms. The lowest BCUT2D eigenvalue weighted by atomic mass is 10.2. The Morgan fingerprint density at radius 3 is 3.08 bits per heavy atom. The van der Waals surface area contributed by atoms with Gasteiger partial charge in [0.25, 0.3) is 5.89 Å². The van der Waals surface area contributed by atoms with Crippen LogP contribution in [0.1, 0.15) is 24.2 Å². The molecule has 0 saturated heterocycles. The van der Waals surface area contributed by atoms with Crippen molar-refractivity contribution < 1.29 is 14.4 Å². The smallest absolute Gasteiger partial charge is 0.255 e. The first-order valence-corrected chi connectivity index (χ1v) is 3.97. The van der Waals surface area contributed by atoms with Crippen LogP contribution < -0.4 is 5.73 Å². The average molecular weight is 187 g/mol. The maximum atomic E-state index is 9.39. The summed E-state index contributed by atoms with van der Waals surface area (Å²) in [5.74, 6) is 0.617. The van der Waals surface area contributed by atoms with Gasteiger partial charge in [-0.2, -0.15) is 4.98 Å². The number of rotatable bonds is 5. The van der Waals surface area contributed by atoms with Crippen LogP contribution >= 0.6 is 0 Å². The SMILES string of the molecule is COCc1noc(C(O)CCN)n1. The molecule has 1 rings (SSSR count). The second-order valence-corrected chi connectivity index (χ2v) is 2.58. The number of nitrogens with two attached hydrogens (primary N) is 1. The Kier molecular flexibility index (Phi) is 3.81. The Labute approximate surface area is 75.7 Å². The van der Waals surface area contributed by atoms with Gasteiger partial charge in [0.2, 0.25) is 0 Å². The van der Waals surface area contributed by atoms with E-state index in [2.05, 4.69) is 10.1 Å². The predicted octanol–water partition coefficient (Wildman–Crippen LogP) is -0.402. The molecule has 0 fully saturated rings. The van der Waals surface area contributed by atoms with Gasteiger partial charge in [-0.3, -0.25) is 0 Å². The standard InChI is InChI=1S/C7H13N3O3/c1-12-4-6-9-7(13-10-6)5(11)2-3-8/h5,11H,2-4,8H2,1H3. The molecule has 0 aromatic carbocycles. The van der Waals surface area contributed by atoms with E-state index in [1.165, 1.54) is 7.11 Å². The Balaban J connectivity index is 2.56. The quantitative estimate of drug-likeness (QED) is 0.651. The highest BCUT2D eigenvalue weighted by Crippen LogP contribution is 2.13. The average Bonchev–Trinajstić information content (AvgIpc) is 2.54. The molecule has 6 nitrogen and oxygen atoms in total. The minimum Gasteiger partial charge on any atom is -0.383 e. The van der Waals surface area contributed by atoms with E-state index >= 15 is 0 Å². The molecule has 0 radical (unpaired) electrons. The summed E-state index contributed by atoms with van der Waals surface area (Å²) in [6.45, 7) is 0.655. The van der Waals surface area contributed by atoms with Crippen molar-refractivity contribution in [1.29, 1.82) is 0 Å². The molecule has 0 aliphatic heterocycles. The summed E-state index contributed by atoms with van der Waals surface area (Å²) >= 11 is 0. The first kappa shape index (κ1) is 10.1. The summed E-state index contributed by atoms with van der Waals surface area (Å²) in [6, 6.07) is 0. The van der Waals surface area contributed by atoms with E-state index in [1.54, 1.807) is 0 Å². The van der Waals surface area contributed by atoms with Crippen molar-refractivity contribution >= 4 is 0 Å². The van der Waals surface area contributed by atoms with E-state index < -0.39 is 6.10 Å². The number of aromatic nitrogens is 2. The highest BCUT2D eigenvalue weighted by Gasteiger charge is 2.14. The second-order valence-electron chi connectivity index (χ2n) is 2.58. The number of hydrogen-bond acceptors (Lipinski definition) is 6. The van der Waals surface area contributed by atoms with Gasteiger partial charge in [-0.25, -0.2) is 0 Å². The Hall–Kier alpha value is -0.980. The number of methoxy groups -OCH3 is 1. The maximum Gasteiger partial charge on any atom is 0.255 e. The topological polar surface area (TPSA) is 94.4 Å². The molecule has 0 aliphatic carbocycles. The van der Waals surface area contributed by atoms with Crippen LogP contribution in [0.3, 0.4) is 0 Å². The van der Waals surface area contributed by atoms with Crippen LogP contribution in [-0.4, -0.2) is 28.9 Å². The minimum atomic E-state index is -0.775. The molecular formula is C7H13N3O3. The Bertz CT molecular complexity index is 251. The van der Waals surface area contributed by atoms with Gasteiger partial charge in [0.15, 0.2) is 5.82 Å². The molecule has 74 valence electrons. The molecule has 1 heterocycles. The van der Waals surface area contributed by atoms with E-state index in [0.717, 1.165) is 0 Å². The lowest BCUT2D eigenvalue weighted by Crippen LogP contribution is -2.07. The molecule has 0 spiro atoms. The van der Waals surface area contributed by atoms with Gasteiger partial charge in [-0.05, 0) is 13.0 Å². The van der Waals surface area contributed by atoms with Crippen LogP contribution in [0, 0.1) is 0 Å². The third-order valence-electron chi connectivity index (χ3n) is 1.48. The van der Waals surface area contributed by atoms with Crippen molar-refractivity contribution in [3.8, 4) is 0 Å². The van der Waals surface area contributed by atoms with Gasteiger partial charge in [0, 0.05) is 7.11 Å². The number of aliphatic hydroxyl groups excluding tert-OH is 1. The molecule has 1 atom stereocenters. The maximum absolute atomic E-state index is 9.39. The summed E-state index contributed by atoms with van der Waals surface area (Å²) in [4.78, 5) is 3.91. The highest BCUT2D eigenvalue weighted by atomic mass is 16.5. The number of aliphatic hydroxyl groups is 1. The largest absolute Gasteiger partial charge is 0.383 e. The lowest BCUT2D eigenvalue weighted by Gasteiger charge is -2.00. The monoisotopic (exact) mass is 187 g/mol. The Morgan fingerprint density at radius 1 is 1.69 bits per heavy atom. The number of hydrogen-bond donors (Lipinski definition) is 2. The number of nitrogens with zero attached hydrogens (tertiary/aromatic N) is 2. The predicted molar refractivity (Wildman–Crippen MR) is 43.6 cm³/mol. The van der Waals surface area contributed by atoms with Gasteiger partial charge >= 0.3 is 0 Å². The summed E-state index contributed by atoms with van der Waals surface area (Å²) in [6.07, 6.45) is -0.364. The second kappa shape index (κ2) is 4.90. The molecular weight excluding hydrogens is 174 g/mol. The summed E-state index contributed by atoms with van der Waals surface area (Å²) in [5, 5.41) is 13.0. The normalized spacial score (nSPS) is 13.2. The molecule has 1 unspecified atom stereocenters. The molecule has 1 aromatic heterocycles. The van der Waals surface area contributed by atoms with Crippen molar-refractivity contribution in [3.63, 3.8) is 0 Å². The van der Waals surface area contributed by atoms with Crippen molar-refractivity contribution in [2.45, 2.75) is 19.1 Å². The minimum absolute atomic E-state index is 0.192. The number of ether oxygens (including phenoxy) is 1. The fourth-order valence-electron chi connectivity index (χ4n) is 0.872. The first-order chi connectivity index (χ1) is 6.27. The van der Waals surface area contributed by atoms with E-state index in [0.29, 0.717) is 18.8 Å². The summed E-state index contributed by atoms with van der Waals surface area (Å²) < 4.78 is 9.57. The zero-order valence-corrected chi connectivity index (χ0v) is 7.43. The van der Waals surface area contributed by atoms with Crippen molar-refractivity contribution in [1.82, 2.24) is 10.1 Å². The van der Waals surface area contributed by atoms with Gasteiger partial charge in [0.1, 0.15) is 12.7 Å². The third kappa shape index (κ3) is 2.76. The molecule has 0 amide bonds. The molecule has 0 saturated carbocycles. The van der Waals surface area contributed by atoms with Gasteiger partial charge in [-0.1, -0.05) is 5.16 Å². The van der Waals surface area contributed by atoms with Crippen LogP contribution in [0.25, 0.3) is 0 Å². The van der Waals surface area contributed by atoms with Crippen LogP contribution in [0.4, 0.5) is 0 Å². The highest BCUT2D eigenvalue weighted by molar-refractivity contribution is 4.88. The zero-order valence-electron chi connectivity index (χ0n) is 7.43. The lowest BCUT2D eigenvalue weighted by molar-refractivity contribution is 0.127. The van der Waals surface area contributed by atoms with Gasteiger partial charge < -0.3 is 20.1 Å². The molecule has 0 bridgehead atoms. The fourth-order valence-corrected chi connectivity index (χ4v) is 0.872. The van der Waals surface area contributed by atoms with E-state index in [1.807, 2.05) is 0 Å². The van der Waals surface area contributed by atoms with E-state index in [9.17, 15) is 5.11 Å². The van der Waals surface area contributed by atoms with Gasteiger partial charge in [-0.15, -0.1) is 0 Å².